The topological polar surface area (TPSA) is 67.3 Å². The number of nitrogens with zero attached hydrogens (tertiary/aromatic N) is 2. The molecule has 100 valence electrons. The van der Waals surface area contributed by atoms with E-state index in [2.05, 4.69) is 15.3 Å². The summed E-state index contributed by atoms with van der Waals surface area (Å²) in [4.78, 5) is 8.50. The Bertz CT molecular complexity index is 570. The molecule has 1 aromatic carbocycles. The number of phenolic OH excluding ortho intramolecular Hbond substituents is 1. The van der Waals surface area contributed by atoms with Crippen LogP contribution >= 0.6 is 0 Å². The summed E-state index contributed by atoms with van der Waals surface area (Å²) in [6.07, 6.45) is 0. The molecule has 2 aromatic rings. The molecule has 2 N–H and O–H groups in total. The minimum absolute atomic E-state index is 0.165. The van der Waals surface area contributed by atoms with Crippen LogP contribution in [0.25, 0.3) is 11.4 Å². The minimum Gasteiger partial charge on any atom is -0.508 e. The molecule has 0 fully saturated rings. The van der Waals surface area contributed by atoms with Crippen molar-refractivity contribution in [2.45, 2.75) is 6.61 Å². The summed E-state index contributed by atoms with van der Waals surface area (Å²) in [7, 11) is 3.29. The van der Waals surface area contributed by atoms with E-state index < -0.39 is 5.82 Å². The van der Waals surface area contributed by atoms with Gasteiger partial charge in [0.1, 0.15) is 17.4 Å². The number of aromatic hydroxyl groups is 1. The van der Waals surface area contributed by atoms with E-state index in [1.54, 1.807) is 20.2 Å². The average Bonchev–Trinajstić information content (AvgIpc) is 2.37. The van der Waals surface area contributed by atoms with Gasteiger partial charge in [0.25, 0.3) is 0 Å². The van der Waals surface area contributed by atoms with E-state index in [4.69, 9.17) is 4.74 Å². The molecule has 5 nitrogen and oxygen atoms in total. The summed E-state index contributed by atoms with van der Waals surface area (Å²) in [5.74, 6) is 0.220. The van der Waals surface area contributed by atoms with Crippen LogP contribution in [0.4, 0.5) is 10.2 Å². The van der Waals surface area contributed by atoms with Gasteiger partial charge in [-0.2, -0.15) is 0 Å². The first-order valence-corrected chi connectivity index (χ1v) is 5.67. The highest BCUT2D eigenvalue weighted by Crippen LogP contribution is 2.23. The second-order valence-electron chi connectivity index (χ2n) is 3.95. The molecule has 1 heterocycles. The molecule has 0 unspecified atom stereocenters. The summed E-state index contributed by atoms with van der Waals surface area (Å²) in [6, 6.07) is 5.45. The molecule has 19 heavy (non-hydrogen) atoms. The Hall–Kier alpha value is -2.21. The van der Waals surface area contributed by atoms with Gasteiger partial charge < -0.3 is 15.2 Å². The number of halogens is 1. The molecule has 0 amide bonds. The molecule has 0 aliphatic carbocycles. The second kappa shape index (κ2) is 5.62. The normalized spacial score (nSPS) is 10.5. The van der Waals surface area contributed by atoms with E-state index in [-0.39, 0.29) is 5.75 Å². The number of benzene rings is 1. The van der Waals surface area contributed by atoms with Gasteiger partial charge in [0, 0.05) is 31.9 Å². The molecular weight excluding hydrogens is 249 g/mol. The predicted octanol–water partition coefficient (Wildman–Crippen LogP) is 2.18. The van der Waals surface area contributed by atoms with Gasteiger partial charge in [-0.15, -0.1) is 0 Å². The zero-order valence-corrected chi connectivity index (χ0v) is 10.6. The third-order valence-electron chi connectivity index (χ3n) is 2.47. The van der Waals surface area contributed by atoms with Gasteiger partial charge in [-0.1, -0.05) is 0 Å². The summed E-state index contributed by atoms with van der Waals surface area (Å²) in [6.45, 7) is 0.325. The molecule has 1 aromatic heterocycles. The van der Waals surface area contributed by atoms with Crippen LogP contribution in [0.1, 0.15) is 5.69 Å². The highest BCUT2D eigenvalue weighted by Gasteiger charge is 2.09. The molecule has 0 aliphatic rings. The van der Waals surface area contributed by atoms with Gasteiger partial charge in [-0.3, -0.25) is 0 Å². The van der Waals surface area contributed by atoms with E-state index in [1.165, 1.54) is 12.1 Å². The highest BCUT2D eigenvalue weighted by molar-refractivity contribution is 5.59. The maximum absolute atomic E-state index is 13.3. The SMILES string of the molecule is CNc1cc(COC)nc(-c2cc(O)cc(F)c2)n1. The molecule has 6 heteroatoms. The van der Waals surface area contributed by atoms with Crippen LogP contribution in [-0.4, -0.2) is 29.2 Å². The fraction of sp³-hybridized carbons (Fsp3) is 0.231. The smallest absolute Gasteiger partial charge is 0.162 e. The number of nitrogens with one attached hydrogen (secondary N) is 1. The molecule has 0 saturated carbocycles. The van der Waals surface area contributed by atoms with Crippen molar-refractivity contribution in [1.82, 2.24) is 9.97 Å². The first kappa shape index (κ1) is 13.2. The van der Waals surface area contributed by atoms with Gasteiger partial charge in [0.2, 0.25) is 0 Å². The van der Waals surface area contributed by atoms with Gasteiger partial charge in [0.15, 0.2) is 5.82 Å². The predicted molar refractivity (Wildman–Crippen MR) is 69.4 cm³/mol. The fourth-order valence-corrected chi connectivity index (χ4v) is 1.68. The van der Waals surface area contributed by atoms with Crippen molar-refractivity contribution in [3.8, 4) is 17.1 Å². The van der Waals surface area contributed by atoms with E-state index in [0.29, 0.717) is 29.5 Å². The lowest BCUT2D eigenvalue weighted by atomic mass is 10.2. The van der Waals surface area contributed by atoms with E-state index >= 15 is 0 Å². The lowest BCUT2D eigenvalue weighted by molar-refractivity contribution is 0.181. The lowest BCUT2D eigenvalue weighted by Gasteiger charge is -2.08. The lowest BCUT2D eigenvalue weighted by Crippen LogP contribution is -2.02. The molecule has 0 bridgehead atoms. The number of hydrogen-bond donors (Lipinski definition) is 2. The average molecular weight is 263 g/mol. The van der Waals surface area contributed by atoms with Crippen molar-refractivity contribution in [2.75, 3.05) is 19.5 Å². The molecule has 0 aliphatic heterocycles. The summed E-state index contributed by atoms with van der Waals surface area (Å²) < 4.78 is 18.3. The third kappa shape index (κ3) is 3.17. The van der Waals surface area contributed by atoms with Crippen LogP contribution in [0.15, 0.2) is 24.3 Å². The van der Waals surface area contributed by atoms with Crippen molar-refractivity contribution in [3.05, 3.63) is 35.8 Å². The quantitative estimate of drug-likeness (QED) is 0.885. The Kier molecular flexibility index (Phi) is 3.91. The number of phenols is 1. The van der Waals surface area contributed by atoms with Crippen molar-refractivity contribution in [1.29, 1.82) is 0 Å². The number of methoxy groups -OCH3 is 1. The minimum atomic E-state index is -0.540. The third-order valence-corrected chi connectivity index (χ3v) is 2.47. The van der Waals surface area contributed by atoms with Crippen LogP contribution in [0.3, 0.4) is 0 Å². The zero-order valence-electron chi connectivity index (χ0n) is 10.6. The molecule has 0 saturated heterocycles. The molecule has 0 atom stereocenters. The van der Waals surface area contributed by atoms with E-state index in [0.717, 1.165) is 6.07 Å². The van der Waals surface area contributed by atoms with Crippen LogP contribution in [-0.2, 0) is 11.3 Å². The number of hydrogen-bond acceptors (Lipinski definition) is 5. The Morgan fingerprint density at radius 3 is 2.68 bits per heavy atom. The van der Waals surface area contributed by atoms with Gasteiger partial charge in [-0.05, 0) is 12.1 Å². The first-order valence-electron chi connectivity index (χ1n) is 5.67. The summed E-state index contributed by atoms with van der Waals surface area (Å²) >= 11 is 0. The summed E-state index contributed by atoms with van der Waals surface area (Å²) in [5.41, 5.74) is 1.08. The monoisotopic (exact) mass is 263 g/mol. The van der Waals surface area contributed by atoms with Gasteiger partial charge >= 0.3 is 0 Å². The van der Waals surface area contributed by atoms with Gasteiger partial charge in [0.05, 0.1) is 12.3 Å². The Labute approximate surface area is 110 Å². The van der Waals surface area contributed by atoms with Crippen LogP contribution < -0.4 is 5.32 Å². The fourth-order valence-electron chi connectivity index (χ4n) is 1.68. The molecule has 2 rings (SSSR count). The van der Waals surface area contributed by atoms with Crippen molar-refractivity contribution >= 4 is 5.82 Å². The van der Waals surface area contributed by atoms with E-state index in [1.807, 2.05) is 0 Å². The first-order chi connectivity index (χ1) is 9.12. The van der Waals surface area contributed by atoms with Crippen molar-refractivity contribution < 1.29 is 14.2 Å². The number of aromatic nitrogens is 2. The Morgan fingerprint density at radius 1 is 1.26 bits per heavy atom. The second-order valence-corrected chi connectivity index (χ2v) is 3.95. The Balaban J connectivity index is 2.50. The zero-order chi connectivity index (χ0) is 13.8. The number of anilines is 1. The van der Waals surface area contributed by atoms with Crippen LogP contribution in [0, 0.1) is 5.82 Å². The molecule has 0 radical (unpaired) electrons. The molecule has 0 spiro atoms. The maximum Gasteiger partial charge on any atom is 0.162 e. The van der Waals surface area contributed by atoms with Crippen molar-refractivity contribution in [2.24, 2.45) is 0 Å². The van der Waals surface area contributed by atoms with Crippen LogP contribution in [0.2, 0.25) is 0 Å². The number of ether oxygens (including phenoxy) is 1. The van der Waals surface area contributed by atoms with E-state index in [9.17, 15) is 9.50 Å². The van der Waals surface area contributed by atoms with Crippen molar-refractivity contribution in [3.63, 3.8) is 0 Å². The maximum atomic E-state index is 13.3. The summed E-state index contributed by atoms with van der Waals surface area (Å²) in [5, 5.41) is 12.3. The molecular formula is C13H14FN3O2. The Morgan fingerprint density at radius 2 is 2.05 bits per heavy atom. The largest absolute Gasteiger partial charge is 0.508 e. The van der Waals surface area contributed by atoms with Gasteiger partial charge in [-0.25, -0.2) is 14.4 Å². The number of rotatable bonds is 4. The standard InChI is InChI=1S/C13H14FN3O2/c1-15-12-6-10(7-19-2)16-13(17-12)8-3-9(14)5-11(18)4-8/h3-6,18H,7H2,1-2H3,(H,15,16,17). The van der Waals surface area contributed by atoms with Crippen LogP contribution in [0.5, 0.6) is 5.75 Å². The highest BCUT2D eigenvalue weighted by atomic mass is 19.1.